The van der Waals surface area contributed by atoms with Crippen molar-refractivity contribution >= 4 is 40.7 Å². The van der Waals surface area contributed by atoms with Gasteiger partial charge >= 0.3 is 0 Å². The lowest BCUT2D eigenvalue weighted by molar-refractivity contribution is -0.129. The predicted molar refractivity (Wildman–Crippen MR) is 95.0 cm³/mol. The summed E-state index contributed by atoms with van der Waals surface area (Å²) in [6, 6.07) is 8.69. The maximum absolute atomic E-state index is 12.1. The predicted octanol–water partition coefficient (Wildman–Crippen LogP) is 3.77. The Morgan fingerprint density at radius 2 is 1.88 bits per heavy atom. The van der Waals surface area contributed by atoms with Crippen LogP contribution in [0.4, 0.5) is 5.69 Å². The number of halogens is 2. The van der Waals surface area contributed by atoms with Gasteiger partial charge in [-0.05, 0) is 29.8 Å². The third-order valence-electron chi connectivity index (χ3n) is 3.40. The summed E-state index contributed by atoms with van der Waals surface area (Å²) in [4.78, 5) is 29.4. The molecular formula is C17H17Cl2N3O2. The molecule has 0 radical (unpaired) electrons. The summed E-state index contributed by atoms with van der Waals surface area (Å²) in [5, 5.41) is 3.38. The SMILES string of the molecule is CC(=O)N(CCC(=O)Nc1cccc(Cl)c1Cl)Cc1ccncc1. The van der Waals surface area contributed by atoms with Crippen LogP contribution >= 0.6 is 23.2 Å². The van der Waals surface area contributed by atoms with E-state index >= 15 is 0 Å². The van der Waals surface area contributed by atoms with Crippen molar-refractivity contribution in [3.63, 3.8) is 0 Å². The number of nitrogens with one attached hydrogen (secondary N) is 1. The van der Waals surface area contributed by atoms with Crippen molar-refractivity contribution in [1.82, 2.24) is 9.88 Å². The minimum absolute atomic E-state index is 0.0969. The molecule has 5 nitrogen and oxygen atoms in total. The Morgan fingerprint density at radius 1 is 1.17 bits per heavy atom. The molecule has 0 unspecified atom stereocenters. The van der Waals surface area contributed by atoms with Crippen LogP contribution in [0, 0.1) is 0 Å². The van der Waals surface area contributed by atoms with Crippen LogP contribution < -0.4 is 5.32 Å². The molecule has 0 atom stereocenters. The van der Waals surface area contributed by atoms with Gasteiger partial charge in [-0.2, -0.15) is 0 Å². The van der Waals surface area contributed by atoms with Crippen LogP contribution in [0.15, 0.2) is 42.7 Å². The van der Waals surface area contributed by atoms with Crippen LogP contribution in [0.1, 0.15) is 18.9 Å². The van der Waals surface area contributed by atoms with Crippen molar-refractivity contribution in [3.8, 4) is 0 Å². The number of carbonyl (C=O) groups excluding carboxylic acids is 2. The fourth-order valence-electron chi connectivity index (χ4n) is 2.11. The molecular weight excluding hydrogens is 349 g/mol. The molecule has 7 heteroatoms. The highest BCUT2D eigenvalue weighted by atomic mass is 35.5. The van der Waals surface area contributed by atoms with E-state index in [-0.39, 0.29) is 18.2 Å². The zero-order valence-corrected chi connectivity index (χ0v) is 14.6. The van der Waals surface area contributed by atoms with E-state index in [0.717, 1.165) is 5.56 Å². The average molecular weight is 366 g/mol. The van der Waals surface area contributed by atoms with Crippen LogP contribution in [-0.2, 0) is 16.1 Å². The van der Waals surface area contributed by atoms with Gasteiger partial charge in [0.25, 0.3) is 0 Å². The minimum Gasteiger partial charge on any atom is -0.338 e. The number of anilines is 1. The van der Waals surface area contributed by atoms with Crippen LogP contribution in [0.25, 0.3) is 0 Å². The smallest absolute Gasteiger partial charge is 0.226 e. The molecule has 0 aliphatic heterocycles. The number of nitrogens with zero attached hydrogens (tertiary/aromatic N) is 2. The fraction of sp³-hybridized carbons (Fsp3) is 0.235. The zero-order chi connectivity index (χ0) is 17.5. The van der Waals surface area contributed by atoms with Gasteiger partial charge in [-0.25, -0.2) is 0 Å². The fourth-order valence-corrected chi connectivity index (χ4v) is 2.45. The molecule has 2 aromatic rings. The van der Waals surface area contributed by atoms with E-state index in [1.807, 2.05) is 12.1 Å². The molecule has 1 aromatic heterocycles. The quantitative estimate of drug-likeness (QED) is 0.847. The van der Waals surface area contributed by atoms with Crippen molar-refractivity contribution in [2.75, 3.05) is 11.9 Å². The van der Waals surface area contributed by atoms with E-state index < -0.39 is 0 Å². The summed E-state index contributed by atoms with van der Waals surface area (Å²) in [6.45, 7) is 2.22. The number of rotatable bonds is 6. The Hall–Kier alpha value is -2.11. The maximum atomic E-state index is 12.1. The van der Waals surface area contributed by atoms with E-state index in [1.54, 1.807) is 35.5 Å². The van der Waals surface area contributed by atoms with Crippen LogP contribution in [-0.4, -0.2) is 28.2 Å². The first-order valence-corrected chi connectivity index (χ1v) is 8.11. The number of pyridine rings is 1. The zero-order valence-electron chi connectivity index (χ0n) is 13.1. The molecule has 1 heterocycles. The third kappa shape index (κ3) is 5.22. The molecule has 24 heavy (non-hydrogen) atoms. The standard InChI is InChI=1S/C17H17Cl2N3O2/c1-12(23)22(11-13-5-8-20-9-6-13)10-7-16(24)21-15-4-2-3-14(18)17(15)19/h2-6,8-9H,7,10-11H2,1H3,(H,21,24). The molecule has 0 saturated heterocycles. The van der Waals surface area contributed by atoms with Crippen LogP contribution in [0.3, 0.4) is 0 Å². The van der Waals surface area contributed by atoms with Gasteiger partial charge in [-0.15, -0.1) is 0 Å². The van der Waals surface area contributed by atoms with Gasteiger partial charge in [0.15, 0.2) is 0 Å². The Bertz CT molecular complexity index is 723. The highest BCUT2D eigenvalue weighted by molar-refractivity contribution is 6.43. The Kier molecular flexibility index (Phi) is 6.58. The lowest BCUT2D eigenvalue weighted by atomic mass is 10.2. The Balaban J connectivity index is 1.93. The number of amides is 2. The first kappa shape index (κ1) is 18.2. The molecule has 0 aliphatic rings. The summed E-state index contributed by atoms with van der Waals surface area (Å²) in [5.41, 5.74) is 1.41. The van der Waals surface area contributed by atoms with Crippen molar-refractivity contribution in [3.05, 3.63) is 58.3 Å². The van der Waals surface area contributed by atoms with Crippen molar-refractivity contribution in [1.29, 1.82) is 0 Å². The normalized spacial score (nSPS) is 10.3. The van der Waals surface area contributed by atoms with Gasteiger partial charge in [0.05, 0.1) is 15.7 Å². The lowest BCUT2D eigenvalue weighted by Gasteiger charge is -2.21. The summed E-state index contributed by atoms with van der Waals surface area (Å²) < 4.78 is 0. The lowest BCUT2D eigenvalue weighted by Crippen LogP contribution is -2.31. The second-order valence-electron chi connectivity index (χ2n) is 5.20. The Morgan fingerprint density at radius 3 is 2.54 bits per heavy atom. The molecule has 0 saturated carbocycles. The maximum Gasteiger partial charge on any atom is 0.226 e. The summed E-state index contributed by atoms with van der Waals surface area (Å²) in [6.07, 6.45) is 3.50. The monoisotopic (exact) mass is 365 g/mol. The Labute approximate surface area is 150 Å². The van der Waals surface area contributed by atoms with Crippen LogP contribution in [0.5, 0.6) is 0 Å². The topological polar surface area (TPSA) is 62.3 Å². The molecule has 2 amide bonds. The van der Waals surface area contributed by atoms with Crippen molar-refractivity contribution in [2.45, 2.75) is 19.9 Å². The van der Waals surface area contributed by atoms with Crippen LogP contribution in [0.2, 0.25) is 10.0 Å². The number of hydrogen-bond donors (Lipinski definition) is 1. The molecule has 126 valence electrons. The van der Waals surface area contributed by atoms with E-state index in [2.05, 4.69) is 10.3 Å². The van der Waals surface area contributed by atoms with Gasteiger partial charge in [0, 0.05) is 38.8 Å². The van der Waals surface area contributed by atoms with Crippen molar-refractivity contribution in [2.24, 2.45) is 0 Å². The van der Waals surface area contributed by atoms with Gasteiger partial charge < -0.3 is 10.2 Å². The molecule has 2 rings (SSSR count). The number of hydrogen-bond acceptors (Lipinski definition) is 3. The second-order valence-corrected chi connectivity index (χ2v) is 5.98. The first-order chi connectivity index (χ1) is 11.5. The highest BCUT2D eigenvalue weighted by Gasteiger charge is 2.13. The molecule has 1 aromatic carbocycles. The minimum atomic E-state index is -0.236. The van der Waals surface area contributed by atoms with Gasteiger partial charge in [-0.1, -0.05) is 29.3 Å². The summed E-state index contributed by atoms with van der Waals surface area (Å²) in [5.74, 6) is -0.333. The molecule has 0 aliphatic carbocycles. The largest absolute Gasteiger partial charge is 0.338 e. The number of aromatic nitrogens is 1. The molecule has 0 bridgehead atoms. The number of carbonyl (C=O) groups is 2. The summed E-state index contributed by atoms with van der Waals surface area (Å²) in [7, 11) is 0. The molecule has 0 spiro atoms. The summed E-state index contributed by atoms with van der Waals surface area (Å²) >= 11 is 12.0. The molecule has 1 N–H and O–H groups in total. The van der Waals surface area contributed by atoms with E-state index in [9.17, 15) is 9.59 Å². The van der Waals surface area contributed by atoms with Crippen molar-refractivity contribution < 1.29 is 9.59 Å². The average Bonchev–Trinajstić information content (AvgIpc) is 2.56. The first-order valence-electron chi connectivity index (χ1n) is 7.35. The molecule has 0 fully saturated rings. The third-order valence-corrected chi connectivity index (χ3v) is 4.22. The van der Waals surface area contributed by atoms with Gasteiger partial charge in [0.2, 0.25) is 11.8 Å². The number of benzene rings is 1. The van der Waals surface area contributed by atoms with E-state index in [0.29, 0.717) is 28.8 Å². The highest BCUT2D eigenvalue weighted by Crippen LogP contribution is 2.29. The van der Waals surface area contributed by atoms with E-state index in [1.165, 1.54) is 6.92 Å². The second kappa shape index (κ2) is 8.66. The van der Waals surface area contributed by atoms with Gasteiger partial charge in [-0.3, -0.25) is 14.6 Å². The van der Waals surface area contributed by atoms with E-state index in [4.69, 9.17) is 23.2 Å². The van der Waals surface area contributed by atoms with Gasteiger partial charge in [0.1, 0.15) is 0 Å².